The molecule has 5 heterocycles. The fourth-order valence-electron chi connectivity index (χ4n) is 9.95. The second-order valence-electron chi connectivity index (χ2n) is 16.6. The first-order chi connectivity index (χ1) is 31.7. The van der Waals surface area contributed by atoms with Crippen molar-refractivity contribution in [2.24, 2.45) is 0 Å². The van der Waals surface area contributed by atoms with Gasteiger partial charge < -0.3 is 13.4 Å². The molecule has 64 heavy (non-hydrogen) atoms. The summed E-state index contributed by atoms with van der Waals surface area (Å²) in [6.45, 7) is 0. The highest BCUT2D eigenvalue weighted by Gasteiger charge is 2.21. The number of aromatic nitrogens is 4. The molecule has 0 saturated carbocycles. The Bertz CT molecular complexity index is 4120. The Kier molecular flexibility index (Phi) is 7.30. The van der Waals surface area contributed by atoms with Crippen molar-refractivity contribution >= 4 is 87.5 Å². The lowest BCUT2D eigenvalue weighted by atomic mass is 10.0. The van der Waals surface area contributed by atoms with E-state index >= 15 is 0 Å². The molecule has 6 nitrogen and oxygen atoms in total. The van der Waals surface area contributed by atoms with Gasteiger partial charge in [0.2, 0.25) is 5.95 Å². The molecule has 0 radical (unpaired) electrons. The average molecular weight is 819 g/mol. The summed E-state index contributed by atoms with van der Waals surface area (Å²) >= 11 is 0. The van der Waals surface area contributed by atoms with E-state index in [9.17, 15) is 0 Å². The van der Waals surface area contributed by atoms with Gasteiger partial charge in [0, 0.05) is 72.0 Å². The van der Waals surface area contributed by atoms with Crippen LogP contribution in [0.1, 0.15) is 0 Å². The third-order valence-corrected chi connectivity index (χ3v) is 12.9. The Morgan fingerprint density at radius 2 is 0.781 bits per heavy atom. The minimum atomic E-state index is 0.590. The maximum absolute atomic E-state index is 6.76. The first kappa shape index (κ1) is 34.9. The number of fused-ring (bicyclic) bond motifs is 12. The largest absolute Gasteiger partial charge is 0.456 e. The van der Waals surface area contributed by atoms with Crippen molar-refractivity contribution in [3.63, 3.8) is 0 Å². The van der Waals surface area contributed by atoms with E-state index in [-0.39, 0.29) is 0 Å². The van der Waals surface area contributed by atoms with Crippen molar-refractivity contribution in [3.8, 4) is 45.3 Å². The molecule has 14 rings (SSSR count). The smallest absolute Gasteiger partial charge is 0.235 e. The third kappa shape index (κ3) is 5.20. The van der Waals surface area contributed by atoms with E-state index in [1.165, 1.54) is 16.3 Å². The molecule has 0 N–H and O–H groups in total. The Labute approximate surface area is 365 Å². The molecular weight excluding hydrogens is 785 g/mol. The molecule has 5 aromatic heterocycles. The van der Waals surface area contributed by atoms with Crippen molar-refractivity contribution < 1.29 is 8.83 Å². The number of hydrogen-bond donors (Lipinski definition) is 0. The molecule has 6 heteroatoms. The summed E-state index contributed by atoms with van der Waals surface area (Å²) in [6.07, 6.45) is 0. The van der Waals surface area contributed by atoms with E-state index < -0.39 is 0 Å². The van der Waals surface area contributed by atoms with Gasteiger partial charge in [-0.25, -0.2) is 9.97 Å². The molecule has 298 valence electrons. The second-order valence-corrected chi connectivity index (χ2v) is 16.6. The lowest BCUT2D eigenvalue weighted by Crippen LogP contribution is -2.04. The molecule has 0 saturated heterocycles. The van der Waals surface area contributed by atoms with E-state index in [4.69, 9.17) is 18.8 Å². The topological polar surface area (TPSA) is 61.9 Å². The van der Waals surface area contributed by atoms with Crippen LogP contribution in [0.3, 0.4) is 0 Å². The molecule has 0 aliphatic heterocycles. The summed E-state index contributed by atoms with van der Waals surface area (Å²) in [5.74, 6) is 0.590. The number of rotatable bonds is 5. The van der Waals surface area contributed by atoms with E-state index in [2.05, 4.69) is 167 Å². The summed E-state index contributed by atoms with van der Waals surface area (Å²) in [5, 5.41) is 8.96. The Morgan fingerprint density at radius 3 is 1.50 bits per heavy atom. The normalized spacial score (nSPS) is 12.1. The molecule has 0 spiro atoms. The van der Waals surface area contributed by atoms with Crippen molar-refractivity contribution in [1.29, 1.82) is 0 Å². The zero-order valence-electron chi connectivity index (χ0n) is 34.2. The van der Waals surface area contributed by atoms with Crippen LogP contribution in [0.5, 0.6) is 0 Å². The van der Waals surface area contributed by atoms with Crippen LogP contribution in [-0.2, 0) is 0 Å². The highest BCUT2D eigenvalue weighted by atomic mass is 16.3. The van der Waals surface area contributed by atoms with Crippen LogP contribution in [0.25, 0.3) is 133 Å². The summed E-state index contributed by atoms with van der Waals surface area (Å²) in [6, 6.07) is 72.4. The maximum atomic E-state index is 6.76. The van der Waals surface area contributed by atoms with E-state index in [0.717, 1.165) is 111 Å². The van der Waals surface area contributed by atoms with Gasteiger partial charge in [0.25, 0.3) is 0 Å². The molecule has 0 bridgehead atoms. The predicted molar refractivity (Wildman–Crippen MR) is 262 cm³/mol. The quantitative estimate of drug-likeness (QED) is 0.174. The van der Waals surface area contributed by atoms with Gasteiger partial charge in [-0.1, -0.05) is 127 Å². The number of hydrogen-bond acceptors (Lipinski definition) is 4. The first-order valence-electron chi connectivity index (χ1n) is 21.6. The summed E-state index contributed by atoms with van der Waals surface area (Å²) in [4.78, 5) is 10.6. The number of nitrogens with zero attached hydrogens (tertiary/aromatic N) is 4. The van der Waals surface area contributed by atoms with Gasteiger partial charge in [-0.3, -0.25) is 4.57 Å². The second kappa shape index (κ2) is 13.4. The van der Waals surface area contributed by atoms with Gasteiger partial charge in [0.05, 0.1) is 33.5 Å². The maximum Gasteiger partial charge on any atom is 0.235 e. The standard InChI is InChI=1S/C58H34N4O2/c1-4-14-35(15-5-1)48-32-49(36-16-6-2-7-17-36)60-58(59-48)62-51-27-25-37(28-43(51)45-31-46-41-21-11-13-23-54(41)63-56(46)34-53(45)62)38-24-26-42-47-30-44-40-20-10-12-22-50(40)61(39-18-8-3-9-19-39)52(44)33-57(47)64-55(42)29-38/h1-34H. The van der Waals surface area contributed by atoms with Crippen molar-refractivity contribution in [1.82, 2.24) is 19.1 Å². The molecule has 0 aliphatic carbocycles. The summed E-state index contributed by atoms with van der Waals surface area (Å²) in [7, 11) is 0. The number of furan rings is 2. The zero-order valence-corrected chi connectivity index (χ0v) is 34.2. The van der Waals surface area contributed by atoms with Crippen LogP contribution in [0.15, 0.2) is 215 Å². The van der Waals surface area contributed by atoms with Gasteiger partial charge in [0.15, 0.2) is 0 Å². The van der Waals surface area contributed by atoms with Crippen molar-refractivity contribution in [3.05, 3.63) is 206 Å². The predicted octanol–water partition coefficient (Wildman–Crippen LogP) is 15.5. The lowest BCUT2D eigenvalue weighted by molar-refractivity contribution is 0.669. The van der Waals surface area contributed by atoms with Crippen LogP contribution in [-0.4, -0.2) is 19.1 Å². The molecule has 14 aromatic rings. The lowest BCUT2D eigenvalue weighted by Gasteiger charge is -2.12. The van der Waals surface area contributed by atoms with Gasteiger partial charge in [-0.05, 0) is 77.9 Å². The average Bonchev–Trinajstić information content (AvgIpc) is 4.09. The molecule has 9 aromatic carbocycles. The van der Waals surface area contributed by atoms with Crippen molar-refractivity contribution in [2.75, 3.05) is 0 Å². The van der Waals surface area contributed by atoms with Crippen LogP contribution in [0.4, 0.5) is 0 Å². The van der Waals surface area contributed by atoms with Gasteiger partial charge in [-0.15, -0.1) is 0 Å². The molecule has 0 aliphatic rings. The van der Waals surface area contributed by atoms with E-state index in [1.54, 1.807) is 0 Å². The molecular formula is C58H34N4O2. The summed E-state index contributed by atoms with van der Waals surface area (Å²) < 4.78 is 17.8. The fourth-order valence-corrected chi connectivity index (χ4v) is 9.95. The van der Waals surface area contributed by atoms with Crippen LogP contribution in [0, 0.1) is 0 Å². The third-order valence-electron chi connectivity index (χ3n) is 12.9. The Hall–Kier alpha value is -8.74. The zero-order chi connectivity index (χ0) is 41.9. The first-order valence-corrected chi connectivity index (χ1v) is 21.6. The molecule has 0 fully saturated rings. The van der Waals surface area contributed by atoms with Gasteiger partial charge in [-0.2, -0.15) is 0 Å². The van der Waals surface area contributed by atoms with E-state index in [1.807, 2.05) is 48.5 Å². The van der Waals surface area contributed by atoms with E-state index in [0.29, 0.717) is 5.95 Å². The monoisotopic (exact) mass is 818 g/mol. The fraction of sp³-hybridized carbons (Fsp3) is 0. The molecule has 0 unspecified atom stereocenters. The van der Waals surface area contributed by atoms with Crippen LogP contribution >= 0.6 is 0 Å². The number of para-hydroxylation sites is 3. The van der Waals surface area contributed by atoms with Crippen LogP contribution in [0.2, 0.25) is 0 Å². The minimum absolute atomic E-state index is 0.590. The highest BCUT2D eigenvalue weighted by Crippen LogP contribution is 2.42. The highest BCUT2D eigenvalue weighted by molar-refractivity contribution is 6.19. The van der Waals surface area contributed by atoms with Gasteiger partial charge in [0.1, 0.15) is 22.3 Å². The molecule has 0 atom stereocenters. The number of benzene rings is 9. The SMILES string of the molecule is c1ccc(-c2cc(-c3ccccc3)nc(-n3c4ccc(-c5ccc6c(c5)oc5cc7c(cc56)c5ccccc5n7-c5ccccc5)cc4c4cc5c(cc43)oc3ccccc35)n2)cc1. The Morgan fingerprint density at radius 1 is 0.281 bits per heavy atom. The van der Waals surface area contributed by atoms with Gasteiger partial charge >= 0.3 is 0 Å². The minimum Gasteiger partial charge on any atom is -0.456 e. The van der Waals surface area contributed by atoms with Crippen molar-refractivity contribution in [2.45, 2.75) is 0 Å². The summed E-state index contributed by atoms with van der Waals surface area (Å²) in [5.41, 5.74) is 14.7. The molecule has 0 amide bonds. The Balaban J connectivity index is 0.980. The van der Waals surface area contributed by atoms with Crippen LogP contribution < -0.4 is 0 Å².